The third-order valence-electron chi connectivity index (χ3n) is 4.08. The summed E-state index contributed by atoms with van der Waals surface area (Å²) in [5, 5.41) is 2.44. The molecular formula is C20H24N2O4S. The molecule has 27 heavy (non-hydrogen) atoms. The second-order valence-electron chi connectivity index (χ2n) is 6.39. The summed E-state index contributed by atoms with van der Waals surface area (Å²) in [6.07, 6.45) is 1.28. The Morgan fingerprint density at radius 2 is 1.48 bits per heavy atom. The molecule has 2 aromatic rings. The number of aryl methyl sites for hydroxylation is 1. The van der Waals surface area contributed by atoms with Crippen LogP contribution in [-0.2, 0) is 32.3 Å². The first kappa shape index (κ1) is 20.6. The highest BCUT2D eigenvalue weighted by Gasteiger charge is 2.22. The molecule has 0 saturated carbocycles. The van der Waals surface area contributed by atoms with Gasteiger partial charge in [-0.3, -0.25) is 9.59 Å². The van der Waals surface area contributed by atoms with Gasteiger partial charge in [-0.1, -0.05) is 60.7 Å². The first-order valence-corrected chi connectivity index (χ1v) is 10.5. The maximum absolute atomic E-state index is 12.2. The lowest BCUT2D eigenvalue weighted by Gasteiger charge is -2.15. The Bertz CT molecular complexity index is 852. The van der Waals surface area contributed by atoms with Crippen LogP contribution < -0.4 is 11.1 Å². The molecule has 3 N–H and O–H groups in total. The second kappa shape index (κ2) is 9.87. The van der Waals surface area contributed by atoms with Gasteiger partial charge in [-0.2, -0.15) is 0 Å². The lowest BCUT2D eigenvalue weighted by atomic mass is 10.1. The van der Waals surface area contributed by atoms with Gasteiger partial charge < -0.3 is 11.1 Å². The predicted molar refractivity (Wildman–Crippen MR) is 105 cm³/mol. The smallest absolute Gasteiger partial charge is 0.240 e. The first-order chi connectivity index (χ1) is 12.9. The third-order valence-corrected chi connectivity index (χ3v) is 5.69. The first-order valence-electron chi connectivity index (χ1n) is 8.73. The van der Waals surface area contributed by atoms with E-state index in [4.69, 9.17) is 5.73 Å². The standard InChI is InChI=1S/C20H24N2O4S/c21-20(24)18(14-17-10-5-2-6-11-17)22-19(23)15-27(25,26)13-7-12-16-8-3-1-4-9-16/h1-6,8-11,18H,7,12-15H2,(H2,21,24)(H,22,23). The Morgan fingerprint density at radius 3 is 2.04 bits per heavy atom. The molecule has 0 aliphatic heterocycles. The highest BCUT2D eigenvalue weighted by atomic mass is 32.2. The molecule has 0 fully saturated rings. The van der Waals surface area contributed by atoms with Crippen molar-refractivity contribution in [3.8, 4) is 0 Å². The second-order valence-corrected chi connectivity index (χ2v) is 8.58. The van der Waals surface area contributed by atoms with Crippen molar-refractivity contribution in [1.82, 2.24) is 5.32 Å². The van der Waals surface area contributed by atoms with E-state index in [2.05, 4.69) is 5.32 Å². The molecule has 144 valence electrons. The summed E-state index contributed by atoms with van der Waals surface area (Å²) in [6, 6.07) is 17.7. The molecule has 0 saturated heterocycles. The number of rotatable bonds is 10. The fourth-order valence-electron chi connectivity index (χ4n) is 2.72. The molecule has 0 spiro atoms. The normalized spacial score (nSPS) is 12.3. The van der Waals surface area contributed by atoms with Gasteiger partial charge >= 0.3 is 0 Å². The molecule has 1 unspecified atom stereocenters. The quantitative estimate of drug-likeness (QED) is 0.639. The molecule has 0 bridgehead atoms. The highest BCUT2D eigenvalue weighted by Crippen LogP contribution is 2.06. The Morgan fingerprint density at radius 1 is 0.926 bits per heavy atom. The fraction of sp³-hybridized carbons (Fsp3) is 0.300. The fourth-order valence-corrected chi connectivity index (χ4v) is 3.93. The summed E-state index contributed by atoms with van der Waals surface area (Å²) in [5.74, 6) is -2.15. The molecule has 0 radical (unpaired) electrons. The summed E-state index contributed by atoms with van der Waals surface area (Å²) in [6.45, 7) is 0. The largest absolute Gasteiger partial charge is 0.368 e. The van der Waals surface area contributed by atoms with Crippen molar-refractivity contribution in [3.05, 3.63) is 71.8 Å². The average Bonchev–Trinajstić information content (AvgIpc) is 2.62. The van der Waals surface area contributed by atoms with Gasteiger partial charge in [-0.05, 0) is 24.0 Å². The van der Waals surface area contributed by atoms with E-state index in [9.17, 15) is 18.0 Å². The zero-order valence-corrected chi connectivity index (χ0v) is 15.8. The van der Waals surface area contributed by atoms with Gasteiger partial charge in [0, 0.05) is 6.42 Å². The molecule has 0 aromatic heterocycles. The summed E-state index contributed by atoms with van der Waals surface area (Å²) in [7, 11) is -3.56. The van der Waals surface area contributed by atoms with Crippen molar-refractivity contribution in [2.75, 3.05) is 11.5 Å². The Hall–Kier alpha value is -2.67. The summed E-state index contributed by atoms with van der Waals surface area (Å²) >= 11 is 0. The molecule has 1 atom stereocenters. The van der Waals surface area contributed by atoms with E-state index in [-0.39, 0.29) is 12.2 Å². The lowest BCUT2D eigenvalue weighted by Crippen LogP contribution is -2.47. The Balaban J connectivity index is 1.85. The molecule has 0 heterocycles. The van der Waals surface area contributed by atoms with Crippen LogP contribution in [0.5, 0.6) is 0 Å². The highest BCUT2D eigenvalue weighted by molar-refractivity contribution is 7.92. The van der Waals surface area contributed by atoms with Crippen LogP contribution in [0.3, 0.4) is 0 Å². The SMILES string of the molecule is NC(=O)C(Cc1ccccc1)NC(=O)CS(=O)(=O)CCCc1ccccc1. The number of nitrogens with two attached hydrogens (primary N) is 1. The van der Waals surface area contributed by atoms with E-state index in [1.165, 1.54) is 0 Å². The van der Waals surface area contributed by atoms with E-state index in [1.807, 2.05) is 60.7 Å². The van der Waals surface area contributed by atoms with Gasteiger partial charge in [0.2, 0.25) is 11.8 Å². The van der Waals surface area contributed by atoms with Gasteiger partial charge in [0.1, 0.15) is 11.8 Å². The number of benzene rings is 2. The maximum Gasteiger partial charge on any atom is 0.240 e. The van der Waals surface area contributed by atoms with E-state index in [1.54, 1.807) is 0 Å². The molecule has 7 heteroatoms. The van der Waals surface area contributed by atoms with Crippen molar-refractivity contribution < 1.29 is 18.0 Å². The van der Waals surface area contributed by atoms with Crippen LogP contribution in [0.4, 0.5) is 0 Å². The number of primary amides is 1. The number of nitrogens with one attached hydrogen (secondary N) is 1. The topological polar surface area (TPSA) is 106 Å². The lowest BCUT2D eigenvalue weighted by molar-refractivity contribution is -0.126. The average molecular weight is 388 g/mol. The van der Waals surface area contributed by atoms with Gasteiger partial charge in [0.05, 0.1) is 5.75 Å². The molecule has 0 aliphatic carbocycles. The Kier molecular flexibility index (Phi) is 7.55. The predicted octanol–water partition coefficient (Wildman–Crippen LogP) is 1.25. The molecule has 6 nitrogen and oxygen atoms in total. The number of hydrogen-bond donors (Lipinski definition) is 2. The number of carbonyl (C=O) groups excluding carboxylic acids is 2. The number of hydrogen-bond acceptors (Lipinski definition) is 4. The molecule has 2 amide bonds. The molecule has 2 aromatic carbocycles. The minimum atomic E-state index is -3.56. The Labute approximate surface area is 159 Å². The van der Waals surface area contributed by atoms with Gasteiger partial charge in [-0.15, -0.1) is 0 Å². The minimum Gasteiger partial charge on any atom is -0.368 e. The van der Waals surface area contributed by atoms with Crippen molar-refractivity contribution in [1.29, 1.82) is 0 Å². The van der Waals surface area contributed by atoms with E-state index in [0.29, 0.717) is 12.8 Å². The summed E-state index contributed by atoms with van der Waals surface area (Å²) in [4.78, 5) is 23.7. The van der Waals surface area contributed by atoms with E-state index >= 15 is 0 Å². The van der Waals surface area contributed by atoms with Gasteiger partial charge in [0.25, 0.3) is 0 Å². The molecule has 2 rings (SSSR count). The van der Waals surface area contributed by atoms with Crippen LogP contribution in [0.2, 0.25) is 0 Å². The zero-order chi connectivity index (χ0) is 19.7. The van der Waals surface area contributed by atoms with Crippen molar-refractivity contribution in [2.45, 2.75) is 25.3 Å². The summed E-state index contributed by atoms with van der Waals surface area (Å²) in [5.41, 5.74) is 7.21. The third kappa shape index (κ3) is 7.62. The van der Waals surface area contributed by atoms with E-state index in [0.717, 1.165) is 11.1 Å². The van der Waals surface area contributed by atoms with Crippen molar-refractivity contribution in [2.24, 2.45) is 5.73 Å². The zero-order valence-electron chi connectivity index (χ0n) is 15.0. The monoisotopic (exact) mass is 388 g/mol. The molecule has 0 aliphatic rings. The minimum absolute atomic E-state index is 0.0881. The number of sulfone groups is 1. The van der Waals surface area contributed by atoms with Crippen LogP contribution in [0.15, 0.2) is 60.7 Å². The maximum atomic E-state index is 12.2. The van der Waals surface area contributed by atoms with Gasteiger partial charge in [0.15, 0.2) is 9.84 Å². The van der Waals surface area contributed by atoms with Crippen molar-refractivity contribution >= 4 is 21.7 Å². The van der Waals surface area contributed by atoms with E-state index < -0.39 is 33.4 Å². The van der Waals surface area contributed by atoms with Crippen LogP contribution in [0, 0.1) is 0 Å². The number of carbonyl (C=O) groups is 2. The molecular weight excluding hydrogens is 364 g/mol. The van der Waals surface area contributed by atoms with Gasteiger partial charge in [-0.25, -0.2) is 8.42 Å². The van der Waals surface area contributed by atoms with Crippen LogP contribution in [-0.4, -0.2) is 37.8 Å². The number of amides is 2. The van der Waals surface area contributed by atoms with Crippen molar-refractivity contribution in [3.63, 3.8) is 0 Å². The van der Waals surface area contributed by atoms with Crippen LogP contribution in [0.25, 0.3) is 0 Å². The van der Waals surface area contributed by atoms with Crippen LogP contribution >= 0.6 is 0 Å². The summed E-state index contributed by atoms with van der Waals surface area (Å²) < 4.78 is 24.3. The van der Waals surface area contributed by atoms with Crippen LogP contribution in [0.1, 0.15) is 17.5 Å².